The summed E-state index contributed by atoms with van der Waals surface area (Å²) in [5.74, 6) is 0.856. The van der Waals surface area contributed by atoms with E-state index in [9.17, 15) is 0 Å². The SMILES string of the molecule is BrCCC1CCc2c(ccc3c2ccc2ccccc23)C1.C1=CCOC=C1. The lowest BCUT2D eigenvalue weighted by Gasteiger charge is -2.25. The van der Waals surface area contributed by atoms with E-state index in [2.05, 4.69) is 64.5 Å². The minimum atomic E-state index is 0.733. The van der Waals surface area contributed by atoms with Crippen LogP contribution in [0.15, 0.2) is 73.0 Å². The average molecular weight is 421 g/mol. The highest BCUT2D eigenvalue weighted by molar-refractivity contribution is 9.09. The van der Waals surface area contributed by atoms with Crippen LogP contribution in [0, 0.1) is 5.92 Å². The van der Waals surface area contributed by atoms with Gasteiger partial charge in [-0.25, -0.2) is 0 Å². The first-order chi connectivity index (χ1) is 13.4. The van der Waals surface area contributed by atoms with Gasteiger partial charge in [0, 0.05) is 5.33 Å². The van der Waals surface area contributed by atoms with Gasteiger partial charge in [0.2, 0.25) is 0 Å². The molecule has 0 bridgehead atoms. The summed E-state index contributed by atoms with van der Waals surface area (Å²) < 4.78 is 4.80. The number of fused-ring (bicyclic) bond motifs is 5. The van der Waals surface area contributed by atoms with Crippen LogP contribution in [0.25, 0.3) is 21.5 Å². The van der Waals surface area contributed by atoms with E-state index in [1.165, 1.54) is 47.2 Å². The Balaban J connectivity index is 0.000000257. The Morgan fingerprint density at radius 1 is 0.926 bits per heavy atom. The highest BCUT2D eigenvalue weighted by Gasteiger charge is 2.20. The van der Waals surface area contributed by atoms with Crippen LogP contribution >= 0.6 is 15.9 Å². The maximum Gasteiger partial charge on any atom is 0.106 e. The molecule has 5 rings (SSSR count). The molecule has 0 fully saturated rings. The summed E-state index contributed by atoms with van der Waals surface area (Å²) in [6, 6.07) is 18.1. The van der Waals surface area contributed by atoms with Crippen LogP contribution in [0.5, 0.6) is 0 Å². The Labute approximate surface area is 169 Å². The monoisotopic (exact) mass is 420 g/mol. The van der Waals surface area contributed by atoms with Crippen LogP contribution in [0.4, 0.5) is 0 Å². The van der Waals surface area contributed by atoms with Crippen molar-refractivity contribution in [3.8, 4) is 0 Å². The molecule has 1 atom stereocenters. The van der Waals surface area contributed by atoms with Gasteiger partial charge >= 0.3 is 0 Å². The number of aryl methyl sites for hydroxylation is 1. The third-order valence-corrected chi connectivity index (χ3v) is 6.04. The molecule has 0 N–H and O–H groups in total. The lowest BCUT2D eigenvalue weighted by atomic mass is 9.80. The third kappa shape index (κ3) is 4.11. The van der Waals surface area contributed by atoms with Gasteiger partial charge in [-0.05, 0) is 76.4 Å². The summed E-state index contributed by atoms with van der Waals surface area (Å²) in [4.78, 5) is 0. The first-order valence-corrected chi connectivity index (χ1v) is 10.9. The molecule has 2 aliphatic rings. The minimum absolute atomic E-state index is 0.733. The summed E-state index contributed by atoms with van der Waals surface area (Å²) >= 11 is 3.59. The van der Waals surface area contributed by atoms with E-state index in [1.807, 2.05) is 18.2 Å². The molecule has 1 aliphatic carbocycles. The van der Waals surface area contributed by atoms with Crippen molar-refractivity contribution in [2.45, 2.75) is 25.7 Å². The molecule has 2 heteroatoms. The van der Waals surface area contributed by atoms with Crippen molar-refractivity contribution in [2.24, 2.45) is 5.92 Å². The van der Waals surface area contributed by atoms with E-state index in [0.29, 0.717) is 0 Å². The van der Waals surface area contributed by atoms with Crippen LogP contribution in [0.2, 0.25) is 0 Å². The molecule has 0 saturated carbocycles. The second-order valence-corrected chi connectivity index (χ2v) is 8.05. The van der Waals surface area contributed by atoms with Gasteiger partial charge in [-0.15, -0.1) is 0 Å². The Kier molecular flexibility index (Phi) is 5.94. The van der Waals surface area contributed by atoms with Crippen LogP contribution in [-0.2, 0) is 17.6 Å². The number of halogens is 1. The molecule has 0 spiro atoms. The topological polar surface area (TPSA) is 9.23 Å². The molecular weight excluding hydrogens is 396 g/mol. The Morgan fingerprint density at radius 3 is 2.56 bits per heavy atom. The number of ether oxygens (including phenoxy) is 1. The van der Waals surface area contributed by atoms with Crippen molar-refractivity contribution in [3.63, 3.8) is 0 Å². The Hall–Kier alpha value is -2.06. The minimum Gasteiger partial charge on any atom is -0.497 e. The quantitative estimate of drug-likeness (QED) is 0.321. The predicted octanol–water partition coefficient (Wildman–Crippen LogP) is 6.97. The van der Waals surface area contributed by atoms with Crippen LogP contribution < -0.4 is 0 Å². The van der Waals surface area contributed by atoms with Crippen molar-refractivity contribution in [3.05, 3.63) is 84.1 Å². The molecule has 27 heavy (non-hydrogen) atoms. The fourth-order valence-corrected chi connectivity index (χ4v) is 4.84. The van der Waals surface area contributed by atoms with Gasteiger partial charge < -0.3 is 4.74 Å². The number of hydrogen-bond donors (Lipinski definition) is 0. The maximum absolute atomic E-state index is 4.80. The van der Waals surface area contributed by atoms with Crippen molar-refractivity contribution in [1.82, 2.24) is 0 Å². The summed E-state index contributed by atoms with van der Waals surface area (Å²) in [5, 5.41) is 6.76. The molecule has 3 aromatic rings. The zero-order chi connectivity index (χ0) is 18.5. The summed E-state index contributed by atoms with van der Waals surface area (Å²) in [7, 11) is 0. The molecule has 138 valence electrons. The van der Waals surface area contributed by atoms with Gasteiger partial charge in [0.05, 0.1) is 6.26 Å². The molecule has 3 aromatic carbocycles. The van der Waals surface area contributed by atoms with Gasteiger partial charge in [0.1, 0.15) is 6.61 Å². The molecular formula is C25H25BrO. The number of allylic oxidation sites excluding steroid dienone is 2. The third-order valence-electron chi connectivity index (χ3n) is 5.58. The van der Waals surface area contributed by atoms with Gasteiger partial charge in [-0.2, -0.15) is 0 Å². The first-order valence-electron chi connectivity index (χ1n) is 9.78. The normalized spacial score (nSPS) is 17.9. The smallest absolute Gasteiger partial charge is 0.106 e. The van der Waals surface area contributed by atoms with Crippen molar-refractivity contribution < 1.29 is 4.74 Å². The fraction of sp³-hybridized carbons (Fsp3) is 0.280. The van der Waals surface area contributed by atoms with Crippen molar-refractivity contribution in [1.29, 1.82) is 0 Å². The van der Waals surface area contributed by atoms with Gasteiger partial charge in [0.15, 0.2) is 0 Å². The summed E-state index contributed by atoms with van der Waals surface area (Å²) in [5.41, 5.74) is 3.18. The van der Waals surface area contributed by atoms with E-state index in [0.717, 1.165) is 17.9 Å². The number of benzene rings is 3. The molecule has 0 saturated heterocycles. The highest BCUT2D eigenvalue weighted by Crippen LogP contribution is 2.35. The van der Waals surface area contributed by atoms with E-state index in [4.69, 9.17) is 4.74 Å². The molecule has 0 radical (unpaired) electrons. The zero-order valence-corrected chi connectivity index (χ0v) is 17.1. The maximum atomic E-state index is 4.80. The van der Waals surface area contributed by atoms with E-state index < -0.39 is 0 Å². The van der Waals surface area contributed by atoms with Crippen LogP contribution in [0.1, 0.15) is 24.0 Å². The summed E-state index contributed by atoms with van der Waals surface area (Å²) in [6.45, 7) is 0.733. The van der Waals surface area contributed by atoms with Crippen molar-refractivity contribution >= 4 is 37.5 Å². The van der Waals surface area contributed by atoms with Crippen LogP contribution in [-0.4, -0.2) is 11.9 Å². The first kappa shape index (κ1) is 18.3. The van der Waals surface area contributed by atoms with E-state index in [-0.39, 0.29) is 0 Å². The fourth-order valence-electron chi connectivity index (χ4n) is 4.19. The number of hydrogen-bond acceptors (Lipinski definition) is 1. The molecule has 0 amide bonds. The summed E-state index contributed by atoms with van der Waals surface area (Å²) in [6.07, 6.45) is 12.6. The molecule has 1 unspecified atom stereocenters. The molecule has 0 aromatic heterocycles. The van der Waals surface area contributed by atoms with Crippen LogP contribution in [0.3, 0.4) is 0 Å². The standard InChI is InChI=1S/C20H19Br.C5H6O/c21-12-11-14-5-8-18-16(13-14)7-10-19-17-4-2-1-3-15(17)6-9-20(18)19;1-2-4-6-5-3-1/h1-4,6-7,9-10,14H,5,8,11-13H2;1-4H,5H2. The zero-order valence-electron chi connectivity index (χ0n) is 15.5. The van der Waals surface area contributed by atoms with Gasteiger partial charge in [-0.3, -0.25) is 0 Å². The second kappa shape index (κ2) is 8.75. The molecule has 1 aliphatic heterocycles. The molecule has 1 heterocycles. The number of alkyl halides is 1. The van der Waals surface area contributed by atoms with E-state index in [1.54, 1.807) is 17.4 Å². The Morgan fingerprint density at radius 2 is 1.81 bits per heavy atom. The lowest BCUT2D eigenvalue weighted by Crippen LogP contribution is -2.15. The molecule has 1 nitrogen and oxygen atoms in total. The lowest BCUT2D eigenvalue weighted by molar-refractivity contribution is 0.286. The van der Waals surface area contributed by atoms with Gasteiger partial charge in [-0.1, -0.05) is 70.5 Å². The highest BCUT2D eigenvalue weighted by atomic mass is 79.9. The second-order valence-electron chi connectivity index (χ2n) is 7.26. The average Bonchev–Trinajstić information content (AvgIpc) is 2.75. The van der Waals surface area contributed by atoms with E-state index >= 15 is 0 Å². The van der Waals surface area contributed by atoms with Gasteiger partial charge in [0.25, 0.3) is 0 Å². The number of rotatable bonds is 2. The Bertz CT molecular complexity index is 974. The van der Waals surface area contributed by atoms with Crippen molar-refractivity contribution in [2.75, 3.05) is 11.9 Å². The predicted molar refractivity (Wildman–Crippen MR) is 120 cm³/mol. The largest absolute Gasteiger partial charge is 0.497 e.